The van der Waals surface area contributed by atoms with Crippen LogP contribution in [0.4, 0.5) is 18.2 Å². The van der Waals surface area contributed by atoms with Gasteiger partial charge in [-0.2, -0.15) is 13.2 Å². The fourth-order valence-corrected chi connectivity index (χ4v) is 4.27. The molecule has 1 aromatic heterocycles. The van der Waals surface area contributed by atoms with Crippen LogP contribution in [0.3, 0.4) is 0 Å². The van der Waals surface area contributed by atoms with Crippen LogP contribution in [-0.4, -0.2) is 29.2 Å². The van der Waals surface area contributed by atoms with Crippen LogP contribution in [-0.2, 0) is 23.9 Å². The zero-order valence-corrected chi connectivity index (χ0v) is 15.5. The third-order valence-electron chi connectivity index (χ3n) is 4.45. The number of nitrogens with one attached hydrogen (secondary N) is 1. The Morgan fingerprint density at radius 3 is 2.36 bits per heavy atom. The zero-order chi connectivity index (χ0) is 20.6. The predicted octanol–water partition coefficient (Wildman–Crippen LogP) is 3.02. The number of carbonyl (C=O) groups excluding carboxylic acids is 3. The molecule has 0 bridgehead atoms. The highest BCUT2D eigenvalue weighted by Gasteiger charge is 2.31. The number of nitrogens with zero attached hydrogens (tertiary/aromatic N) is 1. The van der Waals surface area contributed by atoms with Gasteiger partial charge in [0, 0.05) is 23.9 Å². The summed E-state index contributed by atoms with van der Waals surface area (Å²) in [5.41, 5.74) is 5.50. The Labute approximate surface area is 162 Å². The molecule has 0 unspecified atom stereocenters. The summed E-state index contributed by atoms with van der Waals surface area (Å²) < 4.78 is 38.0. The summed E-state index contributed by atoms with van der Waals surface area (Å²) in [7, 11) is 0. The minimum Gasteiger partial charge on any atom is -0.365 e. The Morgan fingerprint density at radius 1 is 1.18 bits per heavy atom. The highest BCUT2D eigenvalue weighted by molar-refractivity contribution is 7.17. The number of fused-ring (bicyclic) bond motifs is 1. The Morgan fingerprint density at radius 2 is 1.82 bits per heavy atom. The Bertz CT molecular complexity index is 951. The molecule has 0 spiro atoms. The van der Waals surface area contributed by atoms with Gasteiger partial charge in [0.2, 0.25) is 5.91 Å². The molecular formula is C18H16F3N3O3S. The van der Waals surface area contributed by atoms with E-state index >= 15 is 0 Å². The van der Waals surface area contributed by atoms with Crippen molar-refractivity contribution in [1.82, 2.24) is 4.90 Å². The van der Waals surface area contributed by atoms with Gasteiger partial charge in [0.05, 0.1) is 17.7 Å². The number of anilines is 1. The van der Waals surface area contributed by atoms with Gasteiger partial charge in [-0.15, -0.1) is 11.3 Å². The van der Waals surface area contributed by atoms with Gasteiger partial charge in [-0.25, -0.2) is 0 Å². The number of alkyl halides is 3. The average Bonchev–Trinajstić information content (AvgIpc) is 2.98. The van der Waals surface area contributed by atoms with Crippen molar-refractivity contribution in [3.05, 3.63) is 51.4 Å². The SMILES string of the molecule is CC(=O)N1CCc2c(sc(NC(=O)c3ccc(C(F)(F)F)cc3)c2C(N)=O)C1. The third-order valence-corrected chi connectivity index (χ3v) is 5.58. The highest BCUT2D eigenvalue weighted by Crippen LogP contribution is 2.37. The number of nitrogens with two attached hydrogens (primary N) is 1. The van der Waals surface area contributed by atoms with Gasteiger partial charge in [-0.1, -0.05) is 0 Å². The van der Waals surface area contributed by atoms with E-state index in [1.807, 2.05) is 0 Å². The first kappa shape index (κ1) is 19.9. The van der Waals surface area contributed by atoms with Crippen molar-refractivity contribution in [2.75, 3.05) is 11.9 Å². The first-order valence-corrected chi connectivity index (χ1v) is 9.08. The normalized spacial score (nSPS) is 13.8. The number of amides is 3. The summed E-state index contributed by atoms with van der Waals surface area (Å²) in [6.07, 6.45) is -4.07. The summed E-state index contributed by atoms with van der Waals surface area (Å²) >= 11 is 1.14. The number of thiophene rings is 1. The van der Waals surface area contributed by atoms with Crippen LogP contribution in [0.15, 0.2) is 24.3 Å². The summed E-state index contributed by atoms with van der Waals surface area (Å²) in [6, 6.07) is 3.75. The van der Waals surface area contributed by atoms with Crippen LogP contribution in [0, 0.1) is 0 Å². The predicted molar refractivity (Wildman–Crippen MR) is 97.0 cm³/mol. The van der Waals surface area contributed by atoms with Gasteiger partial charge in [0.25, 0.3) is 11.8 Å². The van der Waals surface area contributed by atoms with Crippen LogP contribution in [0.5, 0.6) is 0 Å². The van der Waals surface area contributed by atoms with Crippen molar-refractivity contribution < 1.29 is 27.6 Å². The first-order valence-electron chi connectivity index (χ1n) is 8.26. The molecule has 6 nitrogen and oxygen atoms in total. The van der Waals surface area contributed by atoms with E-state index in [2.05, 4.69) is 5.32 Å². The molecule has 28 heavy (non-hydrogen) atoms. The van der Waals surface area contributed by atoms with E-state index < -0.39 is 23.6 Å². The van der Waals surface area contributed by atoms with E-state index in [1.54, 1.807) is 4.90 Å². The molecule has 3 N–H and O–H groups in total. The van der Waals surface area contributed by atoms with Crippen LogP contribution < -0.4 is 11.1 Å². The van der Waals surface area contributed by atoms with Crippen molar-refractivity contribution in [2.24, 2.45) is 5.73 Å². The molecule has 1 aliphatic rings. The minimum absolute atomic E-state index is 0.0140. The minimum atomic E-state index is -4.50. The number of benzene rings is 1. The standard InChI is InChI=1S/C18H16F3N3O3S/c1-9(25)24-7-6-12-13(8-24)28-17(14(12)15(22)26)23-16(27)10-2-4-11(5-3-10)18(19,20)21/h2-5H,6-8H2,1H3,(H2,22,26)(H,23,27). The molecule has 1 aromatic carbocycles. The van der Waals surface area contributed by atoms with Gasteiger partial charge in [-0.3, -0.25) is 14.4 Å². The number of halogens is 3. The smallest absolute Gasteiger partial charge is 0.365 e. The van der Waals surface area contributed by atoms with Gasteiger partial charge in [-0.05, 0) is 36.2 Å². The lowest BCUT2D eigenvalue weighted by atomic mass is 10.0. The highest BCUT2D eigenvalue weighted by atomic mass is 32.1. The van der Waals surface area contributed by atoms with Crippen molar-refractivity contribution in [3.63, 3.8) is 0 Å². The van der Waals surface area contributed by atoms with E-state index in [4.69, 9.17) is 5.73 Å². The molecular weight excluding hydrogens is 395 g/mol. The lowest BCUT2D eigenvalue weighted by molar-refractivity contribution is -0.137. The number of primary amides is 1. The molecule has 2 heterocycles. The second kappa shape index (κ2) is 7.27. The summed E-state index contributed by atoms with van der Waals surface area (Å²) in [5, 5.41) is 2.79. The van der Waals surface area contributed by atoms with E-state index in [-0.39, 0.29) is 22.0 Å². The van der Waals surface area contributed by atoms with Gasteiger partial charge < -0.3 is 16.0 Å². The fourth-order valence-electron chi connectivity index (χ4n) is 3.01. The van der Waals surface area contributed by atoms with E-state index in [1.165, 1.54) is 6.92 Å². The number of hydrogen-bond acceptors (Lipinski definition) is 4. The Kier molecular flexibility index (Phi) is 5.16. The largest absolute Gasteiger partial charge is 0.416 e. The molecule has 0 radical (unpaired) electrons. The molecule has 0 saturated heterocycles. The van der Waals surface area contributed by atoms with E-state index in [9.17, 15) is 27.6 Å². The topological polar surface area (TPSA) is 92.5 Å². The van der Waals surface area contributed by atoms with Crippen LogP contribution in [0.2, 0.25) is 0 Å². The molecule has 0 saturated carbocycles. The molecule has 0 fully saturated rings. The molecule has 148 valence electrons. The molecule has 3 rings (SSSR count). The summed E-state index contributed by atoms with van der Waals surface area (Å²) in [5.74, 6) is -1.47. The molecule has 10 heteroatoms. The maximum absolute atomic E-state index is 12.7. The van der Waals surface area contributed by atoms with Crippen molar-refractivity contribution in [3.8, 4) is 0 Å². The summed E-state index contributed by atoms with van der Waals surface area (Å²) in [6.45, 7) is 2.19. The lowest BCUT2D eigenvalue weighted by Gasteiger charge is -2.25. The first-order chi connectivity index (χ1) is 13.1. The second-order valence-electron chi connectivity index (χ2n) is 6.29. The summed E-state index contributed by atoms with van der Waals surface area (Å²) in [4.78, 5) is 38.3. The maximum Gasteiger partial charge on any atom is 0.416 e. The number of hydrogen-bond donors (Lipinski definition) is 2. The van der Waals surface area contributed by atoms with Crippen molar-refractivity contribution >= 4 is 34.1 Å². The average molecular weight is 411 g/mol. The molecule has 1 aliphatic heterocycles. The second-order valence-corrected chi connectivity index (χ2v) is 7.40. The van der Waals surface area contributed by atoms with Gasteiger partial charge in [0.15, 0.2) is 0 Å². The lowest BCUT2D eigenvalue weighted by Crippen LogP contribution is -2.34. The quantitative estimate of drug-likeness (QED) is 0.813. The van der Waals surface area contributed by atoms with E-state index in [0.717, 1.165) is 40.5 Å². The molecule has 2 aromatic rings. The van der Waals surface area contributed by atoms with Crippen LogP contribution >= 0.6 is 11.3 Å². The monoisotopic (exact) mass is 411 g/mol. The number of rotatable bonds is 3. The van der Waals surface area contributed by atoms with Gasteiger partial charge >= 0.3 is 6.18 Å². The van der Waals surface area contributed by atoms with Crippen molar-refractivity contribution in [1.29, 1.82) is 0 Å². The van der Waals surface area contributed by atoms with E-state index in [0.29, 0.717) is 25.1 Å². The van der Waals surface area contributed by atoms with Crippen molar-refractivity contribution in [2.45, 2.75) is 26.1 Å². The molecule has 0 aliphatic carbocycles. The fraction of sp³-hybridized carbons (Fsp3) is 0.278. The third kappa shape index (κ3) is 3.86. The zero-order valence-electron chi connectivity index (χ0n) is 14.7. The molecule has 0 atom stereocenters. The van der Waals surface area contributed by atoms with Crippen LogP contribution in [0.1, 0.15) is 43.6 Å². The molecule has 3 amide bonds. The Balaban J connectivity index is 1.87. The number of carbonyl (C=O) groups is 3. The van der Waals surface area contributed by atoms with Gasteiger partial charge in [0.1, 0.15) is 5.00 Å². The Hall–Kier alpha value is -2.88. The van der Waals surface area contributed by atoms with Crippen LogP contribution in [0.25, 0.3) is 0 Å². The maximum atomic E-state index is 12.7.